The van der Waals surface area contributed by atoms with E-state index in [1.165, 1.54) is 11.3 Å². The molecular weight excluding hydrogens is 558 g/mol. The Morgan fingerprint density at radius 2 is 1.90 bits per heavy atom. The van der Waals surface area contributed by atoms with Gasteiger partial charge in [0.25, 0.3) is 0 Å². The number of rotatable bonds is 8. The fraction of sp³-hybridized carbons (Fsp3) is 0.467. The van der Waals surface area contributed by atoms with Crippen LogP contribution in [0.4, 0.5) is 0 Å². The van der Waals surface area contributed by atoms with E-state index in [2.05, 4.69) is 17.2 Å². The Kier molecular flexibility index (Phi) is 8.03. The molecule has 2 atom stereocenters. The molecule has 0 aliphatic carbocycles. The van der Waals surface area contributed by atoms with Crippen molar-refractivity contribution in [1.82, 2.24) is 24.3 Å². The Morgan fingerprint density at radius 3 is 2.59 bits per heavy atom. The Labute approximate surface area is 246 Å². The summed E-state index contributed by atoms with van der Waals surface area (Å²) < 4.78 is 26.7. The summed E-state index contributed by atoms with van der Waals surface area (Å²) >= 11 is 1.48. The molecular formula is C30H39N5O4S2. The van der Waals surface area contributed by atoms with Gasteiger partial charge in [-0.25, -0.2) is 9.67 Å². The zero-order valence-electron chi connectivity index (χ0n) is 24.5. The number of aryl methyl sites for hydroxylation is 3. The van der Waals surface area contributed by atoms with Gasteiger partial charge in [0.15, 0.2) is 0 Å². The van der Waals surface area contributed by atoms with E-state index in [0.717, 1.165) is 51.1 Å². The summed E-state index contributed by atoms with van der Waals surface area (Å²) in [4.78, 5) is 19.2. The third-order valence-corrected chi connectivity index (χ3v) is 11.6. The number of hydrogen-bond donors (Lipinski definition) is 3. The summed E-state index contributed by atoms with van der Waals surface area (Å²) in [6.45, 7) is 13.0. The standard InChI is InChI=1S/C30H39N5O4S2/c1-7-20-15-21-11-9-10-12-25(21)41(38,39)34(16-20)17-23-19(4)40-28(31-23)26(30(5,6)29(36)37)22-13-14-24-27(18(22)3)32-33-35(24)8-2/h9-14,20,26,38-39H,7-8,15-17H2,1-6H3,(H,36,37). The molecule has 2 unspecified atom stereocenters. The summed E-state index contributed by atoms with van der Waals surface area (Å²) in [5.74, 6) is -1.19. The average Bonchev–Trinajstić information content (AvgIpc) is 3.49. The minimum Gasteiger partial charge on any atom is -0.481 e. The van der Waals surface area contributed by atoms with Crippen molar-refractivity contribution >= 4 is 39.1 Å². The Morgan fingerprint density at radius 1 is 1.17 bits per heavy atom. The van der Waals surface area contributed by atoms with Crippen LogP contribution in [0.2, 0.25) is 0 Å². The van der Waals surface area contributed by atoms with Crippen molar-refractivity contribution in [3.05, 3.63) is 68.7 Å². The molecule has 4 aromatic rings. The van der Waals surface area contributed by atoms with Crippen LogP contribution in [0, 0.1) is 25.2 Å². The predicted octanol–water partition coefficient (Wildman–Crippen LogP) is 6.88. The van der Waals surface area contributed by atoms with Gasteiger partial charge in [-0.3, -0.25) is 13.9 Å². The van der Waals surface area contributed by atoms with Crippen molar-refractivity contribution in [3.8, 4) is 0 Å². The third kappa shape index (κ3) is 5.18. The molecule has 2 aromatic heterocycles. The molecule has 1 aliphatic heterocycles. The summed E-state index contributed by atoms with van der Waals surface area (Å²) in [7, 11) is -3.23. The van der Waals surface area contributed by atoms with Gasteiger partial charge in [-0.2, -0.15) is 4.31 Å². The molecule has 0 spiro atoms. The fourth-order valence-corrected chi connectivity index (χ4v) is 8.85. The molecule has 3 N–H and O–H groups in total. The van der Waals surface area contributed by atoms with E-state index in [1.807, 2.05) is 61.9 Å². The molecule has 9 nitrogen and oxygen atoms in total. The van der Waals surface area contributed by atoms with Gasteiger partial charge in [-0.15, -0.1) is 27.2 Å². The molecule has 2 aromatic carbocycles. The highest BCUT2D eigenvalue weighted by molar-refractivity contribution is 8.22. The molecule has 0 bridgehead atoms. The van der Waals surface area contributed by atoms with Crippen LogP contribution in [0.1, 0.15) is 72.3 Å². The second-order valence-corrected chi connectivity index (χ2v) is 14.7. The van der Waals surface area contributed by atoms with Gasteiger partial charge in [0.2, 0.25) is 0 Å². The first-order valence-electron chi connectivity index (χ1n) is 14.0. The molecule has 11 heteroatoms. The first kappa shape index (κ1) is 29.7. The number of thiazole rings is 1. The number of hydrogen-bond acceptors (Lipinski definition) is 8. The van der Waals surface area contributed by atoms with Crippen molar-refractivity contribution < 1.29 is 19.0 Å². The highest BCUT2D eigenvalue weighted by atomic mass is 32.3. The zero-order valence-corrected chi connectivity index (χ0v) is 26.1. The monoisotopic (exact) mass is 597 g/mol. The number of carboxylic acid groups (broad SMARTS) is 1. The zero-order chi connectivity index (χ0) is 29.7. The van der Waals surface area contributed by atoms with Gasteiger partial charge < -0.3 is 5.11 Å². The number of nitrogens with zero attached hydrogens (tertiary/aromatic N) is 5. The maximum Gasteiger partial charge on any atom is 0.310 e. The molecule has 0 fully saturated rings. The molecule has 0 amide bonds. The van der Waals surface area contributed by atoms with E-state index in [-0.39, 0.29) is 12.5 Å². The lowest BCUT2D eigenvalue weighted by molar-refractivity contribution is -0.147. The second kappa shape index (κ2) is 11.1. The predicted molar refractivity (Wildman–Crippen MR) is 164 cm³/mol. The molecule has 0 radical (unpaired) electrons. The van der Waals surface area contributed by atoms with Gasteiger partial charge in [-0.05, 0) is 75.8 Å². The smallest absolute Gasteiger partial charge is 0.310 e. The second-order valence-electron chi connectivity index (χ2n) is 11.5. The summed E-state index contributed by atoms with van der Waals surface area (Å²) in [5, 5.41) is 19.7. The highest BCUT2D eigenvalue weighted by Gasteiger charge is 2.42. The summed E-state index contributed by atoms with van der Waals surface area (Å²) in [5.41, 5.74) is 3.96. The van der Waals surface area contributed by atoms with E-state index in [4.69, 9.17) is 4.98 Å². The maximum atomic E-state index is 12.6. The van der Waals surface area contributed by atoms with Crippen LogP contribution in [-0.2, 0) is 24.3 Å². The molecule has 0 saturated heterocycles. The lowest BCUT2D eigenvalue weighted by Gasteiger charge is -2.42. The van der Waals surface area contributed by atoms with E-state index in [9.17, 15) is 19.0 Å². The van der Waals surface area contributed by atoms with Gasteiger partial charge in [0.05, 0.1) is 34.0 Å². The first-order chi connectivity index (χ1) is 19.4. The largest absolute Gasteiger partial charge is 0.481 e. The van der Waals surface area contributed by atoms with Crippen LogP contribution in [0.25, 0.3) is 11.0 Å². The number of benzene rings is 2. The summed E-state index contributed by atoms with van der Waals surface area (Å²) in [6, 6.07) is 11.5. The maximum absolute atomic E-state index is 12.6. The van der Waals surface area contributed by atoms with Crippen molar-refractivity contribution in [2.45, 2.75) is 78.3 Å². The fourth-order valence-electron chi connectivity index (χ4n) is 5.84. The van der Waals surface area contributed by atoms with Gasteiger partial charge in [-0.1, -0.05) is 42.8 Å². The molecule has 3 heterocycles. The Bertz CT molecular complexity index is 1590. The SMILES string of the molecule is CCC1Cc2ccccc2S(O)(O)N(Cc2nc(C(c3ccc4c(nnn4CC)c3C)C(C)(C)C(=O)O)sc2C)C1. The van der Waals surface area contributed by atoms with E-state index in [0.29, 0.717) is 23.0 Å². The Balaban J connectivity index is 1.58. The van der Waals surface area contributed by atoms with Crippen molar-refractivity contribution in [3.63, 3.8) is 0 Å². The van der Waals surface area contributed by atoms with Crippen LogP contribution in [0.15, 0.2) is 41.3 Å². The minimum atomic E-state index is -3.23. The van der Waals surface area contributed by atoms with Crippen LogP contribution < -0.4 is 0 Å². The quantitative estimate of drug-likeness (QED) is 0.201. The van der Waals surface area contributed by atoms with Crippen molar-refractivity contribution in [2.75, 3.05) is 6.54 Å². The number of aliphatic carboxylic acids is 1. The van der Waals surface area contributed by atoms with Crippen molar-refractivity contribution in [2.24, 2.45) is 11.3 Å². The average molecular weight is 598 g/mol. The third-order valence-electron chi connectivity index (χ3n) is 8.52. The first-order valence-corrected chi connectivity index (χ1v) is 16.4. The van der Waals surface area contributed by atoms with E-state index >= 15 is 0 Å². The lowest BCUT2D eigenvalue weighted by Crippen LogP contribution is -2.33. The molecule has 0 saturated carbocycles. The lowest BCUT2D eigenvalue weighted by atomic mass is 9.74. The number of carboxylic acids is 1. The number of fused-ring (bicyclic) bond motifs is 2. The van der Waals surface area contributed by atoms with E-state index in [1.54, 1.807) is 18.2 Å². The molecule has 41 heavy (non-hydrogen) atoms. The van der Waals surface area contributed by atoms with Crippen LogP contribution in [-0.4, -0.2) is 51.0 Å². The molecule has 220 valence electrons. The minimum absolute atomic E-state index is 0.262. The topological polar surface area (TPSA) is 125 Å². The number of carbonyl (C=O) groups is 1. The van der Waals surface area contributed by atoms with Crippen LogP contribution in [0.5, 0.6) is 0 Å². The van der Waals surface area contributed by atoms with Crippen LogP contribution in [0.3, 0.4) is 0 Å². The van der Waals surface area contributed by atoms with Gasteiger partial charge >= 0.3 is 5.97 Å². The molecule has 1 aliphatic rings. The normalized spacial score (nSPS) is 19.1. The molecule has 5 rings (SSSR count). The highest BCUT2D eigenvalue weighted by Crippen LogP contribution is 2.56. The number of aromatic nitrogens is 4. The van der Waals surface area contributed by atoms with Crippen LogP contribution >= 0.6 is 22.1 Å². The summed E-state index contributed by atoms with van der Waals surface area (Å²) in [6.07, 6.45) is 1.71. The van der Waals surface area contributed by atoms with Gasteiger partial charge in [0.1, 0.15) is 10.5 Å². The Hall–Kier alpha value is -2.83. The van der Waals surface area contributed by atoms with Crippen molar-refractivity contribution in [1.29, 1.82) is 0 Å². The van der Waals surface area contributed by atoms with Gasteiger partial charge in [0, 0.05) is 18.0 Å². The van der Waals surface area contributed by atoms with E-state index < -0.39 is 28.1 Å².